The topological polar surface area (TPSA) is 113 Å². The van der Waals surface area contributed by atoms with E-state index < -0.39 is 15.0 Å². The molecule has 2 N–H and O–H groups in total. The number of aryl methyl sites for hydroxylation is 1. The molecule has 9 heteroatoms. The van der Waals surface area contributed by atoms with Crippen molar-refractivity contribution in [2.45, 2.75) is 16.7 Å². The van der Waals surface area contributed by atoms with Gasteiger partial charge in [-0.2, -0.15) is 8.42 Å². The molecule has 0 atom stereocenters. The number of thioether (sulfide) groups is 1. The van der Waals surface area contributed by atoms with Crippen LogP contribution in [0.3, 0.4) is 0 Å². The summed E-state index contributed by atoms with van der Waals surface area (Å²) >= 11 is 1.30. The van der Waals surface area contributed by atoms with E-state index in [1.165, 1.54) is 36.0 Å². The second-order valence-electron chi connectivity index (χ2n) is 4.92. The molecule has 0 saturated carbocycles. The molecule has 128 valence electrons. The summed E-state index contributed by atoms with van der Waals surface area (Å²) in [5.41, 5.74) is 6.47. The van der Waals surface area contributed by atoms with Crippen LogP contribution in [0.1, 0.15) is 5.56 Å². The van der Waals surface area contributed by atoms with Crippen LogP contribution in [-0.4, -0.2) is 25.7 Å². The molecule has 0 bridgehead atoms. The predicted octanol–water partition coefficient (Wildman–Crippen LogP) is 2.98. The molecule has 24 heavy (non-hydrogen) atoms. The van der Waals surface area contributed by atoms with Gasteiger partial charge in [-0.05, 0) is 31.2 Å². The molecule has 0 unspecified atom stereocenters. The van der Waals surface area contributed by atoms with Gasteiger partial charge in [-0.25, -0.2) is 0 Å². The molecule has 0 amide bonds. The highest BCUT2D eigenvalue weighted by atomic mass is 32.2. The first-order chi connectivity index (χ1) is 11.3. The van der Waals surface area contributed by atoms with Crippen LogP contribution in [0, 0.1) is 17.0 Å². The minimum absolute atomic E-state index is 0.0161. The predicted molar refractivity (Wildman–Crippen MR) is 92.5 cm³/mol. The van der Waals surface area contributed by atoms with E-state index in [9.17, 15) is 18.5 Å². The highest BCUT2D eigenvalue weighted by Crippen LogP contribution is 2.27. The van der Waals surface area contributed by atoms with Crippen LogP contribution in [0.2, 0.25) is 0 Å². The van der Waals surface area contributed by atoms with Gasteiger partial charge in [0.05, 0.1) is 16.4 Å². The van der Waals surface area contributed by atoms with E-state index in [0.717, 1.165) is 5.56 Å². The van der Waals surface area contributed by atoms with Crippen LogP contribution in [-0.2, 0) is 14.3 Å². The number of hydrogen-bond acceptors (Lipinski definition) is 7. The number of nitrogens with two attached hydrogens (primary N) is 1. The van der Waals surface area contributed by atoms with Gasteiger partial charge in [-0.3, -0.25) is 14.3 Å². The van der Waals surface area contributed by atoms with Crippen LogP contribution >= 0.6 is 11.8 Å². The molecule has 0 aliphatic heterocycles. The van der Waals surface area contributed by atoms with Crippen molar-refractivity contribution in [1.82, 2.24) is 0 Å². The zero-order valence-corrected chi connectivity index (χ0v) is 14.5. The fourth-order valence-corrected chi connectivity index (χ4v) is 3.66. The third-order valence-electron chi connectivity index (χ3n) is 3.10. The van der Waals surface area contributed by atoms with Gasteiger partial charge in [0.15, 0.2) is 0 Å². The number of benzene rings is 2. The lowest BCUT2D eigenvalue weighted by Crippen LogP contribution is -2.09. The quantitative estimate of drug-likeness (QED) is 0.200. The fourth-order valence-electron chi connectivity index (χ4n) is 1.86. The van der Waals surface area contributed by atoms with Crippen LogP contribution < -0.4 is 5.73 Å². The van der Waals surface area contributed by atoms with Crippen molar-refractivity contribution in [1.29, 1.82) is 0 Å². The molecule has 0 aliphatic rings. The molecule has 0 aromatic heterocycles. The molecule has 0 radical (unpaired) electrons. The van der Waals surface area contributed by atoms with Crippen molar-refractivity contribution < 1.29 is 17.5 Å². The largest absolute Gasteiger partial charge is 0.393 e. The summed E-state index contributed by atoms with van der Waals surface area (Å²) in [6, 6.07) is 10.8. The third-order valence-corrected chi connectivity index (χ3v) is 5.38. The van der Waals surface area contributed by atoms with Gasteiger partial charge in [-0.15, -0.1) is 11.8 Å². The molecular formula is C15H16N2O5S2. The van der Waals surface area contributed by atoms with Crippen LogP contribution in [0.4, 0.5) is 11.4 Å². The van der Waals surface area contributed by atoms with Crippen molar-refractivity contribution in [2.24, 2.45) is 0 Å². The zero-order valence-electron chi connectivity index (χ0n) is 12.8. The minimum atomic E-state index is -3.78. The average molecular weight is 368 g/mol. The first-order valence-corrected chi connectivity index (χ1v) is 9.32. The molecule has 0 fully saturated rings. The number of nitro benzene ring substituents is 1. The second kappa shape index (κ2) is 7.65. The SMILES string of the molecule is Cc1ccc(S(=O)(=O)OCCSc2ccc([N+](=O)[O-])c(N)c2)cc1. The Hall–Kier alpha value is -2.10. The average Bonchev–Trinajstić information content (AvgIpc) is 2.52. The molecule has 2 aromatic carbocycles. The summed E-state index contributed by atoms with van der Waals surface area (Å²) in [5.74, 6) is 0.363. The van der Waals surface area contributed by atoms with E-state index in [1.54, 1.807) is 18.2 Å². The lowest BCUT2D eigenvalue weighted by molar-refractivity contribution is -0.383. The van der Waals surface area contributed by atoms with Gasteiger partial charge in [0.1, 0.15) is 5.69 Å². The summed E-state index contributed by atoms with van der Waals surface area (Å²) in [7, 11) is -3.78. The van der Waals surface area contributed by atoms with E-state index in [2.05, 4.69) is 0 Å². The van der Waals surface area contributed by atoms with E-state index >= 15 is 0 Å². The zero-order chi connectivity index (χ0) is 17.7. The second-order valence-corrected chi connectivity index (χ2v) is 7.70. The van der Waals surface area contributed by atoms with Crippen molar-refractivity contribution in [3.8, 4) is 0 Å². The van der Waals surface area contributed by atoms with Gasteiger partial charge in [0.2, 0.25) is 0 Å². The Labute approximate surface area is 144 Å². The van der Waals surface area contributed by atoms with E-state index in [0.29, 0.717) is 10.6 Å². The van der Waals surface area contributed by atoms with Gasteiger partial charge in [-0.1, -0.05) is 17.7 Å². The first kappa shape index (κ1) is 18.2. The van der Waals surface area contributed by atoms with Gasteiger partial charge in [0, 0.05) is 16.7 Å². The Morgan fingerprint density at radius 1 is 1.21 bits per heavy atom. The lowest BCUT2D eigenvalue weighted by Gasteiger charge is -2.06. The minimum Gasteiger partial charge on any atom is -0.393 e. The highest BCUT2D eigenvalue weighted by Gasteiger charge is 2.15. The number of hydrogen-bond donors (Lipinski definition) is 1. The molecule has 0 saturated heterocycles. The van der Waals surface area contributed by atoms with Gasteiger partial charge in [0.25, 0.3) is 15.8 Å². The highest BCUT2D eigenvalue weighted by molar-refractivity contribution is 7.99. The van der Waals surface area contributed by atoms with Gasteiger partial charge >= 0.3 is 0 Å². The van der Waals surface area contributed by atoms with E-state index in [4.69, 9.17) is 9.92 Å². The first-order valence-electron chi connectivity index (χ1n) is 6.92. The maximum atomic E-state index is 12.0. The Morgan fingerprint density at radius 2 is 1.88 bits per heavy atom. The van der Waals surface area contributed by atoms with Crippen molar-refractivity contribution in [3.05, 3.63) is 58.1 Å². The van der Waals surface area contributed by atoms with Crippen LogP contribution in [0.25, 0.3) is 0 Å². The summed E-state index contributed by atoms with van der Waals surface area (Å²) < 4.78 is 29.0. The van der Waals surface area contributed by atoms with E-state index in [-0.39, 0.29) is 22.9 Å². The number of rotatable bonds is 7. The van der Waals surface area contributed by atoms with Crippen molar-refractivity contribution >= 4 is 33.3 Å². The number of nitro groups is 1. The number of anilines is 1. The Bertz CT molecular complexity index is 835. The Balaban J connectivity index is 1.89. The van der Waals surface area contributed by atoms with Crippen molar-refractivity contribution in [3.63, 3.8) is 0 Å². The van der Waals surface area contributed by atoms with Gasteiger partial charge < -0.3 is 5.73 Å². The molecule has 7 nitrogen and oxygen atoms in total. The number of nitrogens with zero attached hydrogens (tertiary/aromatic N) is 1. The van der Waals surface area contributed by atoms with Crippen LogP contribution in [0.15, 0.2) is 52.3 Å². The summed E-state index contributed by atoms with van der Waals surface area (Å²) in [5, 5.41) is 10.7. The molecule has 0 heterocycles. The molecule has 0 aliphatic carbocycles. The summed E-state index contributed by atoms with van der Waals surface area (Å²) in [6.45, 7) is 1.85. The lowest BCUT2D eigenvalue weighted by atomic mass is 10.2. The summed E-state index contributed by atoms with van der Waals surface area (Å²) in [6.07, 6.45) is 0. The number of nitrogen functional groups attached to an aromatic ring is 1. The molecule has 2 aromatic rings. The van der Waals surface area contributed by atoms with Crippen LogP contribution in [0.5, 0.6) is 0 Å². The molecule has 2 rings (SSSR count). The Kier molecular flexibility index (Phi) is 5.81. The molecule has 0 spiro atoms. The summed E-state index contributed by atoms with van der Waals surface area (Å²) in [4.78, 5) is 10.9. The monoisotopic (exact) mass is 368 g/mol. The third kappa shape index (κ3) is 4.70. The Morgan fingerprint density at radius 3 is 2.46 bits per heavy atom. The smallest absolute Gasteiger partial charge is 0.296 e. The van der Waals surface area contributed by atoms with E-state index in [1.807, 2.05) is 6.92 Å². The maximum Gasteiger partial charge on any atom is 0.296 e. The normalized spacial score (nSPS) is 11.4. The standard InChI is InChI=1S/C15H16N2O5S2/c1-11-2-5-13(6-3-11)24(20,21)22-8-9-23-12-4-7-15(17(18)19)14(16)10-12/h2-7,10H,8-9,16H2,1H3. The maximum absolute atomic E-state index is 12.0. The van der Waals surface area contributed by atoms with Crippen molar-refractivity contribution in [2.75, 3.05) is 18.1 Å². The molecular weight excluding hydrogens is 352 g/mol. The fraction of sp³-hybridized carbons (Fsp3) is 0.200.